The Kier molecular flexibility index (Phi) is 48.4. The van der Waals surface area contributed by atoms with Crippen molar-refractivity contribution in [2.24, 2.45) is 0 Å². The first-order chi connectivity index (χ1) is 30.5. The van der Waals surface area contributed by atoms with Crippen molar-refractivity contribution in [3.8, 4) is 0 Å². The zero-order chi connectivity index (χ0) is 45.1. The van der Waals surface area contributed by atoms with Crippen molar-refractivity contribution in [3.63, 3.8) is 0 Å². The molecule has 1 unspecified atom stereocenters. The minimum Gasteiger partial charge on any atom is -0.462 e. The number of allylic oxidation sites excluding steroid dienone is 10. The van der Waals surface area contributed by atoms with Crippen LogP contribution < -0.4 is 0 Å². The van der Waals surface area contributed by atoms with Crippen LogP contribution in [0.15, 0.2) is 60.8 Å². The van der Waals surface area contributed by atoms with Crippen LogP contribution in [0.25, 0.3) is 0 Å². The van der Waals surface area contributed by atoms with E-state index in [-0.39, 0.29) is 31.1 Å². The van der Waals surface area contributed by atoms with E-state index in [1.54, 1.807) is 0 Å². The second kappa shape index (κ2) is 50.8. The fourth-order valence-electron chi connectivity index (χ4n) is 7.35. The minimum absolute atomic E-state index is 0.0832. The Morgan fingerprint density at radius 2 is 0.629 bits per heavy atom. The van der Waals surface area contributed by atoms with Gasteiger partial charge >= 0.3 is 17.9 Å². The molecule has 0 aliphatic heterocycles. The average molecular weight is 867 g/mol. The number of hydrogen-bond donors (Lipinski definition) is 0. The van der Waals surface area contributed by atoms with E-state index in [2.05, 4.69) is 81.5 Å². The molecule has 0 amide bonds. The van der Waals surface area contributed by atoms with Gasteiger partial charge in [0.15, 0.2) is 6.10 Å². The lowest BCUT2D eigenvalue weighted by atomic mass is 10.0. The Labute approximate surface area is 383 Å². The third-order valence-corrected chi connectivity index (χ3v) is 11.3. The average Bonchev–Trinajstić information content (AvgIpc) is 3.27. The second-order valence-corrected chi connectivity index (χ2v) is 17.4. The first kappa shape index (κ1) is 59.1. The maximum atomic E-state index is 12.8. The molecule has 0 aliphatic carbocycles. The van der Waals surface area contributed by atoms with Gasteiger partial charge in [0.05, 0.1) is 0 Å². The van der Waals surface area contributed by atoms with Crippen molar-refractivity contribution in [2.45, 2.75) is 264 Å². The van der Waals surface area contributed by atoms with Gasteiger partial charge in [0, 0.05) is 19.3 Å². The number of ether oxygens (including phenoxy) is 3. The van der Waals surface area contributed by atoms with E-state index < -0.39 is 6.10 Å². The molecule has 6 heteroatoms. The zero-order valence-corrected chi connectivity index (χ0v) is 40.9. The van der Waals surface area contributed by atoms with Gasteiger partial charge in [0.25, 0.3) is 0 Å². The minimum atomic E-state index is -0.782. The van der Waals surface area contributed by atoms with Gasteiger partial charge in [-0.05, 0) is 64.2 Å². The number of esters is 3. The molecule has 0 aromatic heterocycles. The lowest BCUT2D eigenvalue weighted by Gasteiger charge is -2.18. The molecule has 0 aliphatic rings. The number of rotatable bonds is 47. The lowest BCUT2D eigenvalue weighted by Crippen LogP contribution is -2.30. The van der Waals surface area contributed by atoms with Crippen LogP contribution in [0.2, 0.25) is 0 Å². The van der Waals surface area contributed by atoms with Gasteiger partial charge in [-0.1, -0.05) is 236 Å². The van der Waals surface area contributed by atoms with Gasteiger partial charge in [-0.25, -0.2) is 0 Å². The molecular weight excluding hydrogens is 769 g/mol. The Morgan fingerprint density at radius 3 is 0.984 bits per heavy atom. The van der Waals surface area contributed by atoms with Gasteiger partial charge in [-0.3, -0.25) is 14.4 Å². The van der Waals surface area contributed by atoms with Crippen molar-refractivity contribution in [2.75, 3.05) is 13.2 Å². The van der Waals surface area contributed by atoms with Crippen molar-refractivity contribution in [1.29, 1.82) is 0 Å². The van der Waals surface area contributed by atoms with Crippen LogP contribution in [0.3, 0.4) is 0 Å². The van der Waals surface area contributed by atoms with E-state index >= 15 is 0 Å². The van der Waals surface area contributed by atoms with E-state index in [9.17, 15) is 14.4 Å². The molecule has 358 valence electrons. The zero-order valence-electron chi connectivity index (χ0n) is 40.9. The van der Waals surface area contributed by atoms with Crippen molar-refractivity contribution in [3.05, 3.63) is 60.8 Å². The van der Waals surface area contributed by atoms with E-state index in [0.717, 1.165) is 96.3 Å². The summed E-state index contributed by atoms with van der Waals surface area (Å²) in [6, 6.07) is 0. The van der Waals surface area contributed by atoms with E-state index in [4.69, 9.17) is 14.2 Å². The lowest BCUT2D eigenvalue weighted by molar-refractivity contribution is -0.167. The van der Waals surface area contributed by atoms with Crippen LogP contribution >= 0.6 is 0 Å². The SMILES string of the molecule is CC/C=C\C/C=C\C/C=C\C/C=C\C/C=C\CCCCCC(=O)OCC(COC(=O)CCCCCCCC)OC(=O)CCCCCCCCCCCCCCCCCCCCC. The van der Waals surface area contributed by atoms with Crippen LogP contribution in [0.4, 0.5) is 0 Å². The number of unbranched alkanes of at least 4 members (excludes halogenated alkanes) is 26. The summed E-state index contributed by atoms with van der Waals surface area (Å²) in [6.45, 7) is 6.45. The monoisotopic (exact) mass is 867 g/mol. The van der Waals surface area contributed by atoms with Crippen LogP contribution in [-0.2, 0) is 28.6 Å². The molecule has 1 atom stereocenters. The van der Waals surface area contributed by atoms with Crippen LogP contribution in [0.5, 0.6) is 0 Å². The molecule has 0 rings (SSSR count). The number of carbonyl (C=O) groups is 3. The molecule has 0 aromatic carbocycles. The third kappa shape index (κ3) is 48.1. The summed E-state index contributed by atoms with van der Waals surface area (Å²) < 4.78 is 16.7. The molecule has 0 N–H and O–H groups in total. The highest BCUT2D eigenvalue weighted by Gasteiger charge is 2.19. The standard InChI is InChI=1S/C56H98O6/c1-4-7-10-13-16-18-20-22-24-26-28-30-32-34-36-38-40-43-46-49-55(58)61-52-53(51-60-54(57)48-45-42-15-12-9-6-3)62-56(59)50-47-44-41-39-37-35-33-31-29-27-25-23-21-19-17-14-11-8-5-2/h7,10,16,18,22,24,28,30,34,36,53H,4-6,8-9,11-15,17,19-21,23,25-27,29,31-33,35,37-52H2,1-3H3/b10-7-,18-16-,24-22-,30-28-,36-34-. The molecule has 0 spiro atoms. The molecule has 62 heavy (non-hydrogen) atoms. The van der Waals surface area contributed by atoms with Gasteiger partial charge in [-0.2, -0.15) is 0 Å². The molecule has 0 fully saturated rings. The van der Waals surface area contributed by atoms with Gasteiger partial charge in [0.1, 0.15) is 13.2 Å². The van der Waals surface area contributed by atoms with Gasteiger partial charge in [0.2, 0.25) is 0 Å². The van der Waals surface area contributed by atoms with Crippen LogP contribution in [-0.4, -0.2) is 37.2 Å². The highest BCUT2D eigenvalue weighted by molar-refractivity contribution is 5.71. The summed E-state index contributed by atoms with van der Waals surface area (Å²) in [5.74, 6) is -0.919. The predicted octanol–water partition coefficient (Wildman–Crippen LogP) is 17.3. The van der Waals surface area contributed by atoms with E-state index in [1.807, 2.05) is 0 Å². The fourth-order valence-corrected chi connectivity index (χ4v) is 7.35. The summed E-state index contributed by atoms with van der Waals surface area (Å²) in [7, 11) is 0. The van der Waals surface area contributed by atoms with Crippen molar-refractivity contribution in [1.82, 2.24) is 0 Å². The van der Waals surface area contributed by atoms with Gasteiger partial charge in [-0.15, -0.1) is 0 Å². The Hall–Kier alpha value is -2.89. The molecule has 0 aromatic rings. The predicted molar refractivity (Wildman–Crippen MR) is 265 cm³/mol. The van der Waals surface area contributed by atoms with Crippen molar-refractivity contribution >= 4 is 17.9 Å². The maximum Gasteiger partial charge on any atom is 0.306 e. The highest BCUT2D eigenvalue weighted by Crippen LogP contribution is 2.16. The van der Waals surface area contributed by atoms with E-state index in [0.29, 0.717) is 19.3 Å². The smallest absolute Gasteiger partial charge is 0.306 e. The summed E-state index contributed by atoms with van der Waals surface area (Å²) in [5.41, 5.74) is 0. The second-order valence-electron chi connectivity index (χ2n) is 17.4. The van der Waals surface area contributed by atoms with Crippen molar-refractivity contribution < 1.29 is 28.6 Å². The highest BCUT2D eigenvalue weighted by atomic mass is 16.6. The van der Waals surface area contributed by atoms with E-state index in [1.165, 1.54) is 122 Å². The first-order valence-electron chi connectivity index (χ1n) is 26.3. The van der Waals surface area contributed by atoms with Gasteiger partial charge < -0.3 is 14.2 Å². The summed E-state index contributed by atoms with van der Waals surface area (Å²) in [6.07, 6.45) is 62.3. The molecule has 0 saturated heterocycles. The molecule has 0 bridgehead atoms. The number of hydrogen-bond acceptors (Lipinski definition) is 6. The normalized spacial score (nSPS) is 12.5. The fraction of sp³-hybridized carbons (Fsp3) is 0.768. The van der Waals surface area contributed by atoms with Crippen LogP contribution in [0.1, 0.15) is 258 Å². The maximum absolute atomic E-state index is 12.8. The molecule has 0 saturated carbocycles. The Balaban J connectivity index is 4.24. The third-order valence-electron chi connectivity index (χ3n) is 11.3. The topological polar surface area (TPSA) is 78.9 Å². The molecule has 6 nitrogen and oxygen atoms in total. The summed E-state index contributed by atoms with van der Waals surface area (Å²) in [5, 5.41) is 0. The summed E-state index contributed by atoms with van der Waals surface area (Å²) in [4.78, 5) is 37.8. The number of carbonyl (C=O) groups excluding carboxylic acids is 3. The largest absolute Gasteiger partial charge is 0.462 e. The molecule has 0 heterocycles. The van der Waals surface area contributed by atoms with Crippen LogP contribution in [0, 0.1) is 0 Å². The Morgan fingerprint density at radius 1 is 0.339 bits per heavy atom. The molecular formula is C56H98O6. The quantitative estimate of drug-likeness (QED) is 0.0262. The molecule has 0 radical (unpaired) electrons. The Bertz CT molecular complexity index is 1130. The first-order valence-corrected chi connectivity index (χ1v) is 26.3. The summed E-state index contributed by atoms with van der Waals surface area (Å²) >= 11 is 0.